The van der Waals surface area contributed by atoms with E-state index in [0.717, 1.165) is 17.1 Å². The molecule has 0 aliphatic carbocycles. The first-order valence-corrected chi connectivity index (χ1v) is 7.38. The highest BCUT2D eigenvalue weighted by Crippen LogP contribution is 2.35. The fraction of sp³-hybridized carbons (Fsp3) is 0. The number of anilines is 3. The lowest BCUT2D eigenvalue weighted by atomic mass is 10.2. The van der Waals surface area contributed by atoms with Gasteiger partial charge in [0.25, 0.3) is 5.69 Å². The Labute approximate surface area is 138 Å². The van der Waals surface area contributed by atoms with Crippen molar-refractivity contribution in [1.82, 2.24) is 0 Å². The molecule has 0 radical (unpaired) electrons. The van der Waals surface area contributed by atoms with Crippen LogP contribution < -0.4 is 4.90 Å². The molecule has 0 bridgehead atoms. The summed E-state index contributed by atoms with van der Waals surface area (Å²) in [4.78, 5) is 12.4. The van der Waals surface area contributed by atoms with Crippen molar-refractivity contribution in [3.05, 3.63) is 94.0 Å². The van der Waals surface area contributed by atoms with Gasteiger partial charge in [0, 0.05) is 34.2 Å². The van der Waals surface area contributed by atoms with E-state index < -0.39 is 4.92 Å². The van der Waals surface area contributed by atoms with Crippen molar-refractivity contribution in [2.75, 3.05) is 4.90 Å². The summed E-state index contributed by atoms with van der Waals surface area (Å²) < 4.78 is 0. The van der Waals surface area contributed by atoms with Gasteiger partial charge in [-0.25, -0.2) is 0 Å². The summed E-state index contributed by atoms with van der Waals surface area (Å²) in [5.74, 6) is 0. The Balaban J connectivity index is 2.10. The molecule has 0 aromatic heterocycles. The molecule has 114 valence electrons. The van der Waals surface area contributed by atoms with Crippen LogP contribution in [0.3, 0.4) is 0 Å². The van der Waals surface area contributed by atoms with Crippen molar-refractivity contribution in [3.63, 3.8) is 0 Å². The second-order valence-corrected chi connectivity index (χ2v) is 5.36. The molecule has 3 aromatic carbocycles. The zero-order valence-electron chi connectivity index (χ0n) is 12.1. The van der Waals surface area contributed by atoms with E-state index in [1.807, 2.05) is 59.5 Å². The van der Waals surface area contributed by atoms with Gasteiger partial charge in [0.15, 0.2) is 0 Å². The molecule has 0 fully saturated rings. The normalized spacial score (nSPS) is 10.3. The number of halogens is 1. The van der Waals surface area contributed by atoms with Crippen LogP contribution in [0, 0.1) is 10.1 Å². The minimum Gasteiger partial charge on any atom is -0.310 e. The molecule has 5 heteroatoms. The summed E-state index contributed by atoms with van der Waals surface area (Å²) in [5, 5.41) is 11.5. The molecule has 0 unspecified atom stereocenters. The SMILES string of the molecule is O=[N+]([O-])c1ccc(N(c2ccccc2)c2cccc(Cl)c2)cc1. The highest BCUT2D eigenvalue weighted by molar-refractivity contribution is 6.30. The predicted octanol–water partition coefficient (Wildman–Crippen LogP) is 5.72. The Kier molecular flexibility index (Phi) is 4.26. The van der Waals surface area contributed by atoms with Gasteiger partial charge in [-0.1, -0.05) is 35.9 Å². The summed E-state index contributed by atoms with van der Waals surface area (Å²) in [6.07, 6.45) is 0. The summed E-state index contributed by atoms with van der Waals surface area (Å²) in [7, 11) is 0. The summed E-state index contributed by atoms with van der Waals surface area (Å²) in [6.45, 7) is 0. The first-order valence-electron chi connectivity index (χ1n) is 7.00. The van der Waals surface area contributed by atoms with E-state index in [0.29, 0.717) is 5.02 Å². The van der Waals surface area contributed by atoms with Crippen LogP contribution in [-0.4, -0.2) is 4.92 Å². The standard InChI is InChI=1S/C18H13ClN2O2/c19-14-5-4-8-18(13-14)20(15-6-2-1-3-7-15)16-9-11-17(12-10-16)21(22)23/h1-13H. The number of non-ortho nitro benzene ring substituents is 1. The molecule has 0 spiro atoms. The number of benzene rings is 3. The zero-order valence-corrected chi connectivity index (χ0v) is 12.9. The topological polar surface area (TPSA) is 46.4 Å². The van der Waals surface area contributed by atoms with E-state index in [1.54, 1.807) is 12.1 Å². The third-order valence-electron chi connectivity index (χ3n) is 3.40. The van der Waals surface area contributed by atoms with Gasteiger partial charge in [-0.15, -0.1) is 0 Å². The van der Waals surface area contributed by atoms with Crippen molar-refractivity contribution in [2.24, 2.45) is 0 Å². The van der Waals surface area contributed by atoms with Gasteiger partial charge in [0.1, 0.15) is 0 Å². The van der Waals surface area contributed by atoms with Crippen molar-refractivity contribution in [3.8, 4) is 0 Å². The van der Waals surface area contributed by atoms with E-state index in [-0.39, 0.29) is 5.69 Å². The van der Waals surface area contributed by atoms with Crippen LogP contribution in [0.25, 0.3) is 0 Å². The van der Waals surface area contributed by atoms with Crippen LogP contribution in [0.1, 0.15) is 0 Å². The van der Waals surface area contributed by atoms with Gasteiger partial charge >= 0.3 is 0 Å². The Bertz CT molecular complexity index is 820. The molecule has 23 heavy (non-hydrogen) atoms. The first kappa shape index (κ1) is 15.1. The molecule has 0 heterocycles. The first-order chi connectivity index (χ1) is 11.1. The summed E-state index contributed by atoms with van der Waals surface area (Å²) >= 11 is 6.11. The van der Waals surface area contributed by atoms with Gasteiger partial charge in [0.05, 0.1) is 4.92 Å². The third kappa shape index (κ3) is 3.33. The number of nitro groups is 1. The maximum absolute atomic E-state index is 10.8. The lowest BCUT2D eigenvalue weighted by Gasteiger charge is -2.25. The molecule has 0 N–H and O–H groups in total. The van der Waals surface area contributed by atoms with Gasteiger partial charge in [-0.05, 0) is 42.5 Å². The molecule has 0 atom stereocenters. The van der Waals surface area contributed by atoms with E-state index in [9.17, 15) is 10.1 Å². The zero-order chi connectivity index (χ0) is 16.2. The average Bonchev–Trinajstić information content (AvgIpc) is 2.57. The molecule has 3 rings (SSSR count). The quantitative estimate of drug-likeness (QED) is 0.455. The number of rotatable bonds is 4. The van der Waals surface area contributed by atoms with Crippen molar-refractivity contribution >= 4 is 34.4 Å². The number of hydrogen-bond donors (Lipinski definition) is 0. The monoisotopic (exact) mass is 324 g/mol. The van der Waals surface area contributed by atoms with Crippen molar-refractivity contribution in [1.29, 1.82) is 0 Å². The highest BCUT2D eigenvalue weighted by atomic mass is 35.5. The second kappa shape index (κ2) is 6.50. The van der Waals surface area contributed by atoms with Gasteiger partial charge < -0.3 is 4.90 Å². The van der Waals surface area contributed by atoms with Crippen LogP contribution in [0.4, 0.5) is 22.7 Å². The Morgan fingerprint density at radius 3 is 2.00 bits per heavy atom. The maximum atomic E-state index is 10.8. The second-order valence-electron chi connectivity index (χ2n) is 4.92. The smallest absolute Gasteiger partial charge is 0.269 e. The Morgan fingerprint density at radius 2 is 1.39 bits per heavy atom. The lowest BCUT2D eigenvalue weighted by molar-refractivity contribution is -0.384. The molecule has 0 aliphatic rings. The lowest BCUT2D eigenvalue weighted by Crippen LogP contribution is -2.09. The van der Waals surface area contributed by atoms with Crippen LogP contribution in [0.5, 0.6) is 0 Å². The van der Waals surface area contributed by atoms with E-state index in [1.165, 1.54) is 12.1 Å². The largest absolute Gasteiger partial charge is 0.310 e. The average molecular weight is 325 g/mol. The van der Waals surface area contributed by atoms with Crippen LogP contribution in [0.2, 0.25) is 5.02 Å². The van der Waals surface area contributed by atoms with Crippen LogP contribution in [-0.2, 0) is 0 Å². The molecule has 3 aromatic rings. The van der Waals surface area contributed by atoms with Gasteiger partial charge in [0.2, 0.25) is 0 Å². The fourth-order valence-corrected chi connectivity index (χ4v) is 2.55. The molecule has 0 aliphatic heterocycles. The van der Waals surface area contributed by atoms with E-state index in [4.69, 9.17) is 11.6 Å². The third-order valence-corrected chi connectivity index (χ3v) is 3.63. The minimum atomic E-state index is -0.407. The predicted molar refractivity (Wildman–Crippen MR) is 92.8 cm³/mol. The minimum absolute atomic E-state index is 0.0628. The number of nitro benzene ring substituents is 1. The van der Waals surface area contributed by atoms with E-state index >= 15 is 0 Å². The number of para-hydroxylation sites is 1. The molecule has 0 amide bonds. The van der Waals surface area contributed by atoms with Crippen molar-refractivity contribution < 1.29 is 4.92 Å². The van der Waals surface area contributed by atoms with Gasteiger partial charge in [-0.2, -0.15) is 0 Å². The Morgan fingerprint density at radius 1 is 0.783 bits per heavy atom. The molecular weight excluding hydrogens is 312 g/mol. The maximum Gasteiger partial charge on any atom is 0.269 e. The van der Waals surface area contributed by atoms with Crippen LogP contribution in [0.15, 0.2) is 78.9 Å². The number of nitrogens with zero attached hydrogens (tertiary/aromatic N) is 2. The van der Waals surface area contributed by atoms with Crippen molar-refractivity contribution in [2.45, 2.75) is 0 Å². The summed E-state index contributed by atoms with van der Waals surface area (Å²) in [6, 6.07) is 23.7. The van der Waals surface area contributed by atoms with Gasteiger partial charge in [-0.3, -0.25) is 10.1 Å². The fourth-order valence-electron chi connectivity index (χ4n) is 2.36. The molecular formula is C18H13ClN2O2. The highest BCUT2D eigenvalue weighted by Gasteiger charge is 2.14. The molecule has 0 saturated carbocycles. The van der Waals surface area contributed by atoms with E-state index in [2.05, 4.69) is 0 Å². The molecule has 4 nitrogen and oxygen atoms in total. The Hall–Kier alpha value is -2.85. The van der Waals surface area contributed by atoms with Crippen LogP contribution >= 0.6 is 11.6 Å². The molecule has 0 saturated heterocycles. The summed E-state index contributed by atoms with van der Waals surface area (Å²) in [5.41, 5.74) is 2.72. The number of hydrogen-bond acceptors (Lipinski definition) is 3.